The number of rotatable bonds is 4. The van der Waals surface area contributed by atoms with Gasteiger partial charge in [0.2, 0.25) is 0 Å². The van der Waals surface area contributed by atoms with Crippen LogP contribution in [0.2, 0.25) is 5.02 Å². The Balaban J connectivity index is 0.00000146. The van der Waals surface area contributed by atoms with Gasteiger partial charge in [0.15, 0.2) is 11.5 Å². The third-order valence-electron chi connectivity index (χ3n) is 2.26. The van der Waals surface area contributed by atoms with E-state index in [-0.39, 0.29) is 11.5 Å². The van der Waals surface area contributed by atoms with Gasteiger partial charge in [0.05, 0.1) is 6.07 Å². The molecule has 10 nitrogen and oxygen atoms in total. The van der Waals surface area contributed by atoms with Crippen LogP contribution in [0.25, 0.3) is 0 Å². The van der Waals surface area contributed by atoms with Crippen LogP contribution in [0.15, 0.2) is 40.0 Å². The molecule has 0 saturated heterocycles. The summed E-state index contributed by atoms with van der Waals surface area (Å²) in [7, 11) is 0. The molecule has 12 heteroatoms. The Kier molecular flexibility index (Phi) is 11.1. The number of carbonyl (C=O) groups is 1. The highest BCUT2D eigenvalue weighted by atomic mass is 35.5. The van der Waals surface area contributed by atoms with Crippen molar-refractivity contribution in [2.24, 2.45) is 10.9 Å². The molecule has 0 aliphatic rings. The highest BCUT2D eigenvalue weighted by Gasteiger charge is 2.17. The second kappa shape index (κ2) is 12.5. The van der Waals surface area contributed by atoms with Crippen molar-refractivity contribution in [3.63, 3.8) is 0 Å². The Labute approximate surface area is 159 Å². The van der Waals surface area contributed by atoms with Crippen LogP contribution < -0.4 is 11.1 Å². The van der Waals surface area contributed by atoms with Gasteiger partial charge in [-0.2, -0.15) is 0 Å². The number of nitrogens with zero attached hydrogens (tertiary/aromatic N) is 3. The fourth-order valence-corrected chi connectivity index (χ4v) is 1.41. The van der Waals surface area contributed by atoms with E-state index in [1.807, 2.05) is 13.8 Å². The lowest BCUT2D eigenvalue weighted by Crippen LogP contribution is -2.17. The predicted octanol–water partition coefficient (Wildman–Crippen LogP) is 3.99. The number of oxime groups is 1. The number of nitrogens with two attached hydrogens (primary N) is 1. The zero-order valence-electron chi connectivity index (χ0n) is 14.1. The van der Waals surface area contributed by atoms with Crippen LogP contribution >= 0.6 is 23.2 Å². The van der Waals surface area contributed by atoms with Crippen molar-refractivity contribution in [2.75, 3.05) is 11.7 Å². The van der Waals surface area contributed by atoms with Crippen LogP contribution in [-0.2, 0) is 4.84 Å². The Morgan fingerprint density at radius 1 is 1.35 bits per heavy atom. The van der Waals surface area contributed by atoms with Gasteiger partial charge in [0.25, 0.3) is 0 Å². The number of nitrogens with one attached hydrogen (secondary N) is 1. The molecule has 0 atom stereocenters. The van der Waals surface area contributed by atoms with Gasteiger partial charge in [-0.05, 0) is 24.3 Å². The molecule has 1 aromatic carbocycles. The minimum Gasteiger partial charge on any atom is -0.379 e. The summed E-state index contributed by atoms with van der Waals surface area (Å²) >= 11 is 10.3. The van der Waals surface area contributed by atoms with E-state index in [2.05, 4.69) is 36.6 Å². The molecule has 2 aromatic rings. The number of hydrogen-bond acceptors (Lipinski definition) is 7. The van der Waals surface area contributed by atoms with E-state index in [0.717, 1.165) is 6.07 Å². The first-order chi connectivity index (χ1) is 12.5. The van der Waals surface area contributed by atoms with Crippen LogP contribution in [0.3, 0.4) is 0 Å². The highest BCUT2D eigenvalue weighted by molar-refractivity contribution is 6.30. The number of aromatic nitrogens is 1. The number of anilines is 1. The van der Waals surface area contributed by atoms with E-state index >= 15 is 0 Å². The smallest absolute Gasteiger partial charge is 0.379 e. The van der Waals surface area contributed by atoms with Crippen molar-refractivity contribution in [3.8, 4) is 0 Å². The molecular weight excluding hydrogens is 389 g/mol. The molecule has 0 saturated carbocycles. The van der Waals surface area contributed by atoms with Gasteiger partial charge in [-0.25, -0.2) is 4.79 Å². The van der Waals surface area contributed by atoms with Gasteiger partial charge in [-0.15, -0.1) is 11.6 Å². The Bertz CT molecular complexity index is 734. The number of carbonyl (C=O) groups excluding carboxylic acids is 1. The van der Waals surface area contributed by atoms with Gasteiger partial charge in [0, 0.05) is 17.1 Å². The lowest BCUT2D eigenvalue weighted by atomic mass is 10.3. The van der Waals surface area contributed by atoms with Crippen molar-refractivity contribution in [2.45, 2.75) is 13.8 Å². The molecular formula is C14H17Cl2N5O5. The third kappa shape index (κ3) is 7.81. The minimum absolute atomic E-state index is 0.133. The van der Waals surface area contributed by atoms with Crippen LogP contribution in [0.4, 0.5) is 16.4 Å². The Hall–Kier alpha value is -2.85. The maximum absolute atomic E-state index is 11.5. The summed E-state index contributed by atoms with van der Waals surface area (Å²) in [6, 6.07) is 7.20. The number of hydrogen-bond donors (Lipinski definition) is 2. The fraction of sp³-hybridized carbons (Fsp3) is 0.214. The lowest BCUT2D eigenvalue weighted by Gasteiger charge is -2.02. The first kappa shape index (κ1) is 23.1. The number of benzene rings is 1. The van der Waals surface area contributed by atoms with Gasteiger partial charge in [-0.1, -0.05) is 35.8 Å². The second-order valence-electron chi connectivity index (χ2n) is 3.79. The van der Waals surface area contributed by atoms with Gasteiger partial charge in [0.1, 0.15) is 4.92 Å². The number of amides is 1. The SMILES string of the molecule is CC.CCl.N/C(=N/OC(=O)Nc1ccc(Cl)cc1)c1cc([N+](=O)[O-])on1. The zero-order valence-corrected chi connectivity index (χ0v) is 15.6. The number of halogens is 2. The van der Waals surface area contributed by atoms with Crippen LogP contribution in [0.1, 0.15) is 19.5 Å². The van der Waals surface area contributed by atoms with Crippen molar-refractivity contribution in [3.05, 3.63) is 51.2 Å². The zero-order chi connectivity index (χ0) is 20.1. The number of amidine groups is 1. The molecule has 0 spiro atoms. The summed E-state index contributed by atoms with van der Waals surface area (Å²) in [5, 5.41) is 19.9. The molecule has 1 amide bonds. The maximum atomic E-state index is 11.5. The number of alkyl halides is 1. The summed E-state index contributed by atoms with van der Waals surface area (Å²) in [5.74, 6) is -0.970. The van der Waals surface area contributed by atoms with Crippen molar-refractivity contribution in [1.29, 1.82) is 0 Å². The quantitative estimate of drug-likeness (QED) is 0.195. The first-order valence-corrected chi connectivity index (χ1v) is 8.15. The monoisotopic (exact) mass is 405 g/mol. The maximum Gasteiger partial charge on any atom is 0.456 e. The highest BCUT2D eigenvalue weighted by Crippen LogP contribution is 2.14. The summed E-state index contributed by atoms with van der Waals surface area (Å²) < 4.78 is 4.38. The minimum atomic E-state index is -0.914. The average molecular weight is 406 g/mol. The molecule has 0 aliphatic heterocycles. The number of nitro groups is 1. The van der Waals surface area contributed by atoms with Gasteiger partial charge < -0.3 is 5.73 Å². The normalized spacial score (nSPS) is 9.81. The molecule has 1 aromatic heterocycles. The summed E-state index contributed by atoms with van der Waals surface area (Å²) in [5.41, 5.74) is 5.75. The molecule has 0 aliphatic carbocycles. The summed E-state index contributed by atoms with van der Waals surface area (Å²) in [6.07, 6.45) is 0.559. The fourth-order valence-electron chi connectivity index (χ4n) is 1.28. The summed E-state index contributed by atoms with van der Waals surface area (Å²) in [6.45, 7) is 4.00. The molecule has 3 N–H and O–H groups in total. The van der Waals surface area contributed by atoms with Gasteiger partial charge >= 0.3 is 12.0 Å². The van der Waals surface area contributed by atoms with Crippen molar-refractivity contribution < 1.29 is 19.1 Å². The first-order valence-electron chi connectivity index (χ1n) is 7.02. The van der Waals surface area contributed by atoms with Crippen LogP contribution in [-0.4, -0.2) is 28.4 Å². The molecule has 1 heterocycles. The van der Waals surface area contributed by atoms with Crippen molar-refractivity contribution >= 4 is 46.7 Å². The Morgan fingerprint density at radius 3 is 2.42 bits per heavy atom. The Morgan fingerprint density at radius 2 is 1.92 bits per heavy atom. The van der Waals surface area contributed by atoms with Crippen LogP contribution in [0.5, 0.6) is 0 Å². The largest absolute Gasteiger partial charge is 0.456 e. The van der Waals surface area contributed by atoms with E-state index in [0.29, 0.717) is 10.7 Å². The van der Waals surface area contributed by atoms with E-state index < -0.39 is 16.9 Å². The van der Waals surface area contributed by atoms with E-state index in [4.69, 9.17) is 17.3 Å². The standard InChI is InChI=1S/C11H8ClN5O5.C2H6.CH3Cl/c12-6-1-3-7(4-2-6)14-11(18)22-16-10(13)8-5-9(17(19)20)21-15-8;2*1-2/h1-5H,(H2,13,16)(H,14,18);1-2H3;1H3. The molecule has 0 fully saturated rings. The molecule has 0 unspecified atom stereocenters. The third-order valence-corrected chi connectivity index (χ3v) is 2.51. The van der Waals surface area contributed by atoms with Crippen molar-refractivity contribution in [1.82, 2.24) is 5.16 Å². The molecule has 0 bridgehead atoms. The molecule has 0 radical (unpaired) electrons. The molecule has 26 heavy (non-hydrogen) atoms. The predicted molar refractivity (Wildman–Crippen MR) is 98.6 cm³/mol. The topological polar surface area (TPSA) is 146 Å². The van der Waals surface area contributed by atoms with E-state index in [9.17, 15) is 14.9 Å². The van der Waals surface area contributed by atoms with Gasteiger partial charge in [-0.3, -0.25) is 24.8 Å². The van der Waals surface area contributed by atoms with E-state index in [1.54, 1.807) is 24.3 Å². The second-order valence-corrected chi connectivity index (χ2v) is 4.23. The van der Waals surface area contributed by atoms with E-state index in [1.165, 1.54) is 6.38 Å². The average Bonchev–Trinajstić information content (AvgIpc) is 3.16. The lowest BCUT2D eigenvalue weighted by molar-refractivity contribution is -0.404. The summed E-state index contributed by atoms with van der Waals surface area (Å²) in [4.78, 5) is 25.6. The van der Waals surface area contributed by atoms with Crippen LogP contribution in [0, 0.1) is 10.1 Å². The molecule has 2 rings (SSSR count). The molecule has 142 valence electrons.